The highest BCUT2D eigenvalue weighted by Crippen LogP contribution is 2.25. The number of aliphatic hydroxyl groups excluding tert-OH is 1. The van der Waals surface area contributed by atoms with E-state index in [-0.39, 0.29) is 12.5 Å². The van der Waals surface area contributed by atoms with Crippen LogP contribution >= 0.6 is 0 Å². The van der Waals surface area contributed by atoms with E-state index in [0.29, 0.717) is 0 Å². The predicted molar refractivity (Wildman–Crippen MR) is 111 cm³/mol. The third kappa shape index (κ3) is 8.96. The Morgan fingerprint density at radius 2 is 1.34 bits per heavy atom. The molecule has 0 amide bonds. The Morgan fingerprint density at radius 1 is 0.897 bits per heavy atom. The molecule has 1 aromatic rings. The lowest BCUT2D eigenvalue weighted by molar-refractivity contribution is -0.187. The van der Waals surface area contributed by atoms with E-state index in [1.54, 1.807) is 41.5 Å². The van der Waals surface area contributed by atoms with Crippen LogP contribution in [0.4, 0.5) is 0 Å². The lowest BCUT2D eigenvalue weighted by Gasteiger charge is -2.33. The van der Waals surface area contributed by atoms with Gasteiger partial charge in [-0.2, -0.15) is 0 Å². The van der Waals surface area contributed by atoms with Crippen LogP contribution in [0.2, 0.25) is 0 Å². The molecule has 6 nitrogen and oxygen atoms in total. The Morgan fingerprint density at radius 3 is 1.72 bits per heavy atom. The van der Waals surface area contributed by atoms with Crippen molar-refractivity contribution in [3.8, 4) is 0 Å². The fraction of sp³-hybridized carbons (Fsp3) is 0.652. The van der Waals surface area contributed by atoms with Crippen molar-refractivity contribution in [2.75, 3.05) is 0 Å². The maximum atomic E-state index is 12.8. The molecule has 0 aliphatic carbocycles. The number of hydrogen-bond acceptors (Lipinski definition) is 6. The minimum atomic E-state index is -1.50. The highest BCUT2D eigenvalue weighted by molar-refractivity contribution is 5.96. The van der Waals surface area contributed by atoms with Gasteiger partial charge in [0.2, 0.25) is 0 Å². The molecule has 6 heteroatoms. The summed E-state index contributed by atoms with van der Waals surface area (Å²) in [7, 11) is 0. The number of benzene rings is 1. The first-order valence-electron chi connectivity index (χ1n) is 10.0. The normalized spacial score (nSPS) is 14.6. The van der Waals surface area contributed by atoms with Crippen molar-refractivity contribution in [2.24, 2.45) is 11.8 Å². The average Bonchev–Trinajstić information content (AvgIpc) is 2.52. The number of carbonyl (C=O) groups is 2. The Kier molecular flexibility index (Phi) is 8.84. The summed E-state index contributed by atoms with van der Waals surface area (Å²) in [5, 5.41) is 11.0. The summed E-state index contributed by atoms with van der Waals surface area (Å²) < 4.78 is 16.7. The van der Waals surface area contributed by atoms with Gasteiger partial charge in [-0.25, -0.2) is 0 Å². The number of aliphatic hydroxyl groups is 1. The Balaban J connectivity index is 3.10. The summed E-state index contributed by atoms with van der Waals surface area (Å²) in [5.74, 6) is -3.31. The standard InChI is InChI=1S/C23H36O6/c1-15(2)19(27-14-16-12-10-9-11-13-16)18(24)17(20(25)28-22(3,4)5)21(26)29-23(6,7)8/h9-13,15,17-19,24H,14H2,1-8H3/t18-,19-/m0/s1. The van der Waals surface area contributed by atoms with E-state index >= 15 is 0 Å². The maximum absolute atomic E-state index is 12.8. The largest absolute Gasteiger partial charge is 0.459 e. The van der Waals surface area contributed by atoms with E-state index in [4.69, 9.17) is 14.2 Å². The average molecular weight is 409 g/mol. The summed E-state index contributed by atoms with van der Waals surface area (Å²) in [4.78, 5) is 25.6. The van der Waals surface area contributed by atoms with Gasteiger partial charge in [0.25, 0.3) is 0 Å². The Hall–Kier alpha value is -1.92. The predicted octanol–water partition coefficient (Wildman–Crippen LogP) is 3.89. The topological polar surface area (TPSA) is 82.1 Å². The summed E-state index contributed by atoms with van der Waals surface area (Å²) in [6.07, 6.45) is -2.18. The van der Waals surface area contributed by atoms with Gasteiger partial charge in [0, 0.05) is 0 Å². The Bertz CT molecular complexity index is 626. The maximum Gasteiger partial charge on any atom is 0.323 e. The molecule has 2 atom stereocenters. The van der Waals surface area contributed by atoms with Crippen molar-refractivity contribution in [3.63, 3.8) is 0 Å². The van der Waals surface area contributed by atoms with Crippen molar-refractivity contribution >= 4 is 11.9 Å². The number of hydrogen-bond donors (Lipinski definition) is 1. The zero-order chi connectivity index (χ0) is 22.4. The number of ether oxygens (including phenoxy) is 3. The highest BCUT2D eigenvalue weighted by Gasteiger charge is 2.44. The van der Waals surface area contributed by atoms with E-state index in [1.807, 2.05) is 44.2 Å². The fourth-order valence-corrected chi connectivity index (χ4v) is 2.75. The monoisotopic (exact) mass is 408 g/mol. The van der Waals surface area contributed by atoms with Crippen LogP contribution in [-0.2, 0) is 30.4 Å². The molecular weight excluding hydrogens is 372 g/mol. The molecule has 0 heterocycles. The molecular formula is C23H36O6. The molecule has 1 N–H and O–H groups in total. The van der Waals surface area contributed by atoms with Crippen molar-refractivity contribution in [3.05, 3.63) is 35.9 Å². The second-order valence-electron chi connectivity index (χ2n) is 9.54. The van der Waals surface area contributed by atoms with Gasteiger partial charge in [0.15, 0.2) is 5.92 Å². The molecule has 0 spiro atoms. The zero-order valence-electron chi connectivity index (χ0n) is 18.9. The van der Waals surface area contributed by atoms with Gasteiger partial charge in [0.05, 0.1) is 12.7 Å². The van der Waals surface area contributed by atoms with Crippen LogP contribution in [0.3, 0.4) is 0 Å². The lowest BCUT2D eigenvalue weighted by Crippen LogP contribution is -2.49. The molecule has 0 aromatic heterocycles. The number of carbonyl (C=O) groups excluding carboxylic acids is 2. The van der Waals surface area contributed by atoms with Gasteiger partial charge < -0.3 is 19.3 Å². The van der Waals surface area contributed by atoms with Crippen molar-refractivity contribution in [2.45, 2.75) is 85.4 Å². The molecule has 0 fully saturated rings. The second kappa shape index (κ2) is 10.2. The summed E-state index contributed by atoms with van der Waals surface area (Å²) >= 11 is 0. The molecule has 0 aliphatic heterocycles. The van der Waals surface area contributed by atoms with Crippen LogP contribution in [0, 0.1) is 11.8 Å². The summed E-state index contributed by atoms with van der Waals surface area (Å²) in [5.41, 5.74) is -0.693. The first-order valence-corrected chi connectivity index (χ1v) is 10.0. The quantitative estimate of drug-likeness (QED) is 0.519. The van der Waals surface area contributed by atoms with Crippen molar-refractivity contribution in [1.29, 1.82) is 0 Å². The minimum Gasteiger partial charge on any atom is -0.459 e. The van der Waals surface area contributed by atoms with Gasteiger partial charge in [-0.3, -0.25) is 9.59 Å². The molecule has 0 bridgehead atoms. The third-order valence-electron chi connectivity index (χ3n) is 3.94. The van der Waals surface area contributed by atoms with Gasteiger partial charge in [-0.15, -0.1) is 0 Å². The molecule has 0 saturated heterocycles. The summed E-state index contributed by atoms with van der Waals surface area (Å²) in [6.45, 7) is 14.2. The van der Waals surface area contributed by atoms with Crippen LogP contribution < -0.4 is 0 Å². The zero-order valence-corrected chi connectivity index (χ0v) is 18.9. The molecule has 1 aromatic carbocycles. The van der Waals surface area contributed by atoms with E-state index < -0.39 is 41.3 Å². The first kappa shape index (κ1) is 25.1. The van der Waals surface area contributed by atoms with Gasteiger partial charge in [-0.1, -0.05) is 44.2 Å². The van der Waals surface area contributed by atoms with Gasteiger partial charge >= 0.3 is 11.9 Å². The van der Waals surface area contributed by atoms with E-state index in [1.165, 1.54) is 0 Å². The van der Waals surface area contributed by atoms with E-state index in [2.05, 4.69) is 0 Å². The third-order valence-corrected chi connectivity index (χ3v) is 3.94. The smallest absolute Gasteiger partial charge is 0.323 e. The van der Waals surface area contributed by atoms with Gasteiger partial charge in [0.1, 0.15) is 17.3 Å². The van der Waals surface area contributed by atoms with Crippen LogP contribution in [0.25, 0.3) is 0 Å². The Labute approximate surface area is 174 Å². The molecule has 29 heavy (non-hydrogen) atoms. The highest BCUT2D eigenvalue weighted by atomic mass is 16.6. The van der Waals surface area contributed by atoms with E-state index in [9.17, 15) is 14.7 Å². The van der Waals surface area contributed by atoms with Crippen LogP contribution in [0.1, 0.15) is 61.0 Å². The molecule has 164 valence electrons. The fourth-order valence-electron chi connectivity index (χ4n) is 2.75. The summed E-state index contributed by atoms with van der Waals surface area (Å²) in [6, 6.07) is 9.50. The molecule has 1 rings (SSSR count). The molecule has 0 aliphatic rings. The first-order chi connectivity index (χ1) is 13.2. The van der Waals surface area contributed by atoms with E-state index in [0.717, 1.165) is 5.56 Å². The SMILES string of the molecule is CC(C)[C@H](OCc1ccccc1)[C@@H](O)C(C(=O)OC(C)(C)C)C(=O)OC(C)(C)C. The second-order valence-corrected chi connectivity index (χ2v) is 9.54. The molecule has 0 radical (unpaired) electrons. The van der Waals surface area contributed by atoms with Gasteiger partial charge in [-0.05, 0) is 53.0 Å². The number of rotatable bonds is 8. The molecule has 0 unspecified atom stereocenters. The van der Waals surface area contributed by atoms with Crippen molar-refractivity contribution < 1.29 is 28.9 Å². The van der Waals surface area contributed by atoms with Crippen LogP contribution in [-0.4, -0.2) is 40.5 Å². The lowest BCUT2D eigenvalue weighted by atomic mass is 9.90. The number of esters is 2. The van der Waals surface area contributed by atoms with Crippen molar-refractivity contribution in [1.82, 2.24) is 0 Å². The molecule has 0 saturated carbocycles. The van der Waals surface area contributed by atoms with Crippen LogP contribution in [0.15, 0.2) is 30.3 Å². The van der Waals surface area contributed by atoms with Crippen LogP contribution in [0.5, 0.6) is 0 Å². The minimum absolute atomic E-state index is 0.152.